The third kappa shape index (κ3) is 4.93. The number of carboxylic acid groups (broad SMARTS) is 1. The molecule has 0 rings (SSSR count). The summed E-state index contributed by atoms with van der Waals surface area (Å²) in [5.74, 6) is -0.933. The molecule has 16 heavy (non-hydrogen) atoms. The van der Waals surface area contributed by atoms with Crippen LogP contribution in [-0.2, 0) is 9.59 Å². The standard InChI is InChI=1S/C11H20N2O3/c1-5-9(11(15)16)6-7-12-8(2)10(14)13(3)4/h6,8,12H,5,7H2,1-4H3,(H,15,16). The van der Waals surface area contributed by atoms with Crippen LogP contribution in [0.15, 0.2) is 11.6 Å². The predicted octanol–water partition coefficient (Wildman–Crippen LogP) is 0.474. The normalized spacial score (nSPS) is 13.4. The number of nitrogens with zero attached hydrogens (tertiary/aromatic N) is 1. The van der Waals surface area contributed by atoms with E-state index in [1.165, 1.54) is 4.90 Å². The van der Waals surface area contributed by atoms with Gasteiger partial charge in [-0.2, -0.15) is 0 Å². The van der Waals surface area contributed by atoms with Crippen LogP contribution >= 0.6 is 0 Å². The first-order valence-corrected chi connectivity index (χ1v) is 5.27. The third-order valence-electron chi connectivity index (χ3n) is 2.24. The zero-order chi connectivity index (χ0) is 12.7. The molecular formula is C11H20N2O3. The van der Waals surface area contributed by atoms with Gasteiger partial charge in [0.05, 0.1) is 6.04 Å². The van der Waals surface area contributed by atoms with Gasteiger partial charge in [0, 0.05) is 26.2 Å². The van der Waals surface area contributed by atoms with Gasteiger partial charge in [-0.3, -0.25) is 4.79 Å². The molecule has 0 aliphatic rings. The van der Waals surface area contributed by atoms with Crippen molar-refractivity contribution < 1.29 is 14.7 Å². The molecule has 1 unspecified atom stereocenters. The number of hydrogen-bond acceptors (Lipinski definition) is 3. The quantitative estimate of drug-likeness (QED) is 0.648. The topological polar surface area (TPSA) is 69.6 Å². The molecule has 0 aromatic carbocycles. The second-order valence-electron chi connectivity index (χ2n) is 3.75. The Morgan fingerprint density at radius 3 is 2.38 bits per heavy atom. The van der Waals surface area contributed by atoms with Gasteiger partial charge in [-0.05, 0) is 13.3 Å². The number of likely N-dealkylation sites (N-methyl/N-ethyl adjacent to an activating group) is 1. The summed E-state index contributed by atoms with van der Waals surface area (Å²) in [7, 11) is 3.37. The Kier molecular flexibility index (Phi) is 6.41. The first kappa shape index (κ1) is 14.6. The maximum Gasteiger partial charge on any atom is 0.331 e. The lowest BCUT2D eigenvalue weighted by molar-refractivity contribution is -0.132. The fourth-order valence-corrected chi connectivity index (χ4v) is 1.22. The first-order valence-electron chi connectivity index (χ1n) is 5.27. The molecule has 92 valence electrons. The van der Waals surface area contributed by atoms with E-state index in [1.807, 2.05) is 0 Å². The van der Waals surface area contributed by atoms with Crippen molar-refractivity contribution in [3.8, 4) is 0 Å². The molecule has 0 fully saturated rings. The van der Waals surface area contributed by atoms with E-state index in [4.69, 9.17) is 5.11 Å². The SMILES string of the molecule is CCC(=CCNC(C)C(=O)N(C)C)C(=O)O. The Morgan fingerprint density at radius 2 is 2.00 bits per heavy atom. The summed E-state index contributed by atoms with van der Waals surface area (Å²) in [5.41, 5.74) is 0.358. The molecular weight excluding hydrogens is 208 g/mol. The maximum atomic E-state index is 11.4. The van der Waals surface area contributed by atoms with Crippen LogP contribution in [0.1, 0.15) is 20.3 Å². The van der Waals surface area contributed by atoms with E-state index in [9.17, 15) is 9.59 Å². The molecule has 0 aliphatic carbocycles. The molecule has 0 aliphatic heterocycles. The summed E-state index contributed by atoms with van der Waals surface area (Å²) in [6.45, 7) is 3.92. The van der Waals surface area contributed by atoms with Gasteiger partial charge in [-0.1, -0.05) is 13.0 Å². The molecule has 0 aromatic heterocycles. The van der Waals surface area contributed by atoms with Crippen molar-refractivity contribution in [2.75, 3.05) is 20.6 Å². The van der Waals surface area contributed by atoms with Crippen LogP contribution in [0.3, 0.4) is 0 Å². The lowest BCUT2D eigenvalue weighted by Gasteiger charge is -2.17. The van der Waals surface area contributed by atoms with Gasteiger partial charge in [0.15, 0.2) is 0 Å². The van der Waals surface area contributed by atoms with Crippen molar-refractivity contribution in [1.29, 1.82) is 0 Å². The maximum absolute atomic E-state index is 11.4. The summed E-state index contributed by atoms with van der Waals surface area (Å²) >= 11 is 0. The van der Waals surface area contributed by atoms with E-state index in [-0.39, 0.29) is 11.9 Å². The predicted molar refractivity (Wildman–Crippen MR) is 62.2 cm³/mol. The van der Waals surface area contributed by atoms with E-state index in [0.717, 1.165) is 0 Å². The van der Waals surface area contributed by atoms with Crippen LogP contribution in [0.4, 0.5) is 0 Å². The Labute approximate surface area is 96.1 Å². The van der Waals surface area contributed by atoms with Gasteiger partial charge in [-0.15, -0.1) is 0 Å². The minimum atomic E-state index is -0.907. The monoisotopic (exact) mass is 228 g/mol. The highest BCUT2D eigenvalue weighted by Gasteiger charge is 2.13. The van der Waals surface area contributed by atoms with Crippen LogP contribution in [0, 0.1) is 0 Å². The van der Waals surface area contributed by atoms with Crippen molar-refractivity contribution >= 4 is 11.9 Å². The lowest BCUT2D eigenvalue weighted by atomic mass is 10.2. The van der Waals surface area contributed by atoms with Crippen molar-refractivity contribution in [3.63, 3.8) is 0 Å². The molecule has 1 atom stereocenters. The van der Waals surface area contributed by atoms with Crippen LogP contribution < -0.4 is 5.32 Å². The van der Waals surface area contributed by atoms with E-state index >= 15 is 0 Å². The molecule has 0 bridgehead atoms. The second-order valence-corrected chi connectivity index (χ2v) is 3.75. The van der Waals surface area contributed by atoms with Gasteiger partial charge in [0.1, 0.15) is 0 Å². The number of rotatable bonds is 6. The van der Waals surface area contributed by atoms with Gasteiger partial charge in [0.2, 0.25) is 5.91 Å². The number of nitrogens with one attached hydrogen (secondary N) is 1. The Balaban J connectivity index is 4.16. The average Bonchev–Trinajstić information content (AvgIpc) is 2.22. The molecule has 5 nitrogen and oxygen atoms in total. The number of carbonyl (C=O) groups excluding carboxylic acids is 1. The molecule has 0 aromatic rings. The Bertz CT molecular complexity index is 285. The lowest BCUT2D eigenvalue weighted by Crippen LogP contribution is -2.41. The number of carboxylic acids is 1. The smallest absolute Gasteiger partial charge is 0.331 e. The van der Waals surface area contributed by atoms with Crippen LogP contribution in [0.5, 0.6) is 0 Å². The number of hydrogen-bond donors (Lipinski definition) is 2. The zero-order valence-electron chi connectivity index (χ0n) is 10.3. The third-order valence-corrected chi connectivity index (χ3v) is 2.24. The summed E-state index contributed by atoms with van der Waals surface area (Å²) in [5, 5.41) is 11.7. The van der Waals surface area contributed by atoms with Crippen molar-refractivity contribution in [2.45, 2.75) is 26.3 Å². The summed E-state index contributed by atoms with van der Waals surface area (Å²) in [6, 6.07) is -0.307. The first-order chi connectivity index (χ1) is 7.40. The number of amides is 1. The molecule has 5 heteroatoms. The highest BCUT2D eigenvalue weighted by atomic mass is 16.4. The van der Waals surface area contributed by atoms with Gasteiger partial charge >= 0.3 is 5.97 Å². The molecule has 0 spiro atoms. The minimum Gasteiger partial charge on any atom is -0.478 e. The van der Waals surface area contributed by atoms with Gasteiger partial charge < -0.3 is 15.3 Å². The van der Waals surface area contributed by atoms with E-state index in [0.29, 0.717) is 18.5 Å². The average molecular weight is 228 g/mol. The molecule has 2 N–H and O–H groups in total. The summed E-state index contributed by atoms with van der Waals surface area (Å²) in [4.78, 5) is 23.6. The highest BCUT2D eigenvalue weighted by molar-refractivity contribution is 5.86. The number of carbonyl (C=O) groups is 2. The van der Waals surface area contributed by atoms with Gasteiger partial charge in [0.25, 0.3) is 0 Å². The Hall–Kier alpha value is -1.36. The molecule has 0 radical (unpaired) electrons. The summed E-state index contributed by atoms with van der Waals surface area (Å²) < 4.78 is 0. The molecule has 0 heterocycles. The van der Waals surface area contributed by atoms with E-state index < -0.39 is 5.97 Å². The molecule has 0 saturated heterocycles. The minimum absolute atomic E-state index is 0.0261. The highest BCUT2D eigenvalue weighted by Crippen LogP contribution is 1.99. The van der Waals surface area contributed by atoms with Gasteiger partial charge in [-0.25, -0.2) is 4.79 Å². The number of aliphatic carboxylic acids is 1. The van der Waals surface area contributed by atoms with Crippen LogP contribution in [0.25, 0.3) is 0 Å². The fraction of sp³-hybridized carbons (Fsp3) is 0.636. The Morgan fingerprint density at radius 1 is 1.44 bits per heavy atom. The molecule has 0 saturated carbocycles. The van der Waals surface area contributed by atoms with Crippen LogP contribution in [-0.4, -0.2) is 48.6 Å². The van der Waals surface area contributed by atoms with Crippen LogP contribution in [0.2, 0.25) is 0 Å². The molecule has 1 amide bonds. The zero-order valence-corrected chi connectivity index (χ0v) is 10.3. The summed E-state index contributed by atoms with van der Waals surface area (Å²) in [6.07, 6.45) is 2.08. The second kappa shape index (κ2) is 7.00. The van der Waals surface area contributed by atoms with E-state index in [1.54, 1.807) is 34.0 Å². The largest absolute Gasteiger partial charge is 0.478 e. The van der Waals surface area contributed by atoms with Crippen molar-refractivity contribution in [3.05, 3.63) is 11.6 Å². The fourth-order valence-electron chi connectivity index (χ4n) is 1.22. The van der Waals surface area contributed by atoms with Crippen molar-refractivity contribution in [2.24, 2.45) is 0 Å². The van der Waals surface area contributed by atoms with Crippen molar-refractivity contribution in [1.82, 2.24) is 10.2 Å². The van der Waals surface area contributed by atoms with E-state index in [2.05, 4.69) is 5.32 Å².